The Labute approximate surface area is 144 Å². The van der Waals surface area contributed by atoms with Gasteiger partial charge in [0.25, 0.3) is 0 Å². The van der Waals surface area contributed by atoms with Gasteiger partial charge in [0.15, 0.2) is 11.6 Å². The first-order chi connectivity index (χ1) is 11.0. The Morgan fingerprint density at radius 1 is 0.957 bits per heavy atom. The maximum Gasteiger partial charge on any atom is 0.166 e. The van der Waals surface area contributed by atoms with Gasteiger partial charge in [0, 0.05) is 21.7 Å². The quantitative estimate of drug-likeness (QED) is 0.607. The summed E-state index contributed by atoms with van der Waals surface area (Å²) in [4.78, 5) is 0. The number of nitrogens with zero attached hydrogens (tertiary/aromatic N) is 3. The van der Waals surface area contributed by atoms with Crippen molar-refractivity contribution in [1.29, 1.82) is 0 Å². The molecule has 2 aromatic carbocycles. The van der Waals surface area contributed by atoms with Crippen LogP contribution in [0.15, 0.2) is 42.5 Å². The minimum atomic E-state index is -0.133. The van der Waals surface area contributed by atoms with Gasteiger partial charge in [-0.25, -0.2) is 0 Å². The van der Waals surface area contributed by atoms with E-state index in [4.69, 9.17) is 23.2 Å². The van der Waals surface area contributed by atoms with Gasteiger partial charge < -0.3 is 4.57 Å². The summed E-state index contributed by atoms with van der Waals surface area (Å²) < 4.78 is 2.18. The number of halogens is 2. The van der Waals surface area contributed by atoms with Crippen molar-refractivity contribution in [1.82, 2.24) is 14.8 Å². The zero-order chi connectivity index (χ0) is 16.2. The summed E-state index contributed by atoms with van der Waals surface area (Å²) in [5.41, 5.74) is 3.15. The lowest BCUT2D eigenvalue weighted by molar-refractivity contribution is 0.351. The van der Waals surface area contributed by atoms with Crippen LogP contribution >= 0.6 is 23.2 Å². The lowest BCUT2D eigenvalue weighted by Gasteiger charge is -2.34. The van der Waals surface area contributed by atoms with Crippen molar-refractivity contribution in [3.05, 3.63) is 58.1 Å². The molecular weight excluding hydrogens is 329 g/mol. The SMILES string of the molecule is CC1(C)Cc2ccccc2-c2nnc(-c3ccc(Cl)cc3Cl)n21. The molecule has 23 heavy (non-hydrogen) atoms. The second-order valence-corrected chi connectivity index (χ2v) is 7.30. The van der Waals surface area contributed by atoms with Gasteiger partial charge in [-0.05, 0) is 44.0 Å². The normalized spacial score (nSPS) is 15.1. The van der Waals surface area contributed by atoms with Crippen LogP contribution in [0.25, 0.3) is 22.8 Å². The largest absolute Gasteiger partial charge is 0.301 e. The Balaban J connectivity index is 1.99. The Hall–Kier alpha value is -1.84. The average molecular weight is 344 g/mol. The summed E-state index contributed by atoms with van der Waals surface area (Å²) in [7, 11) is 0. The van der Waals surface area contributed by atoms with Crippen LogP contribution in [0.3, 0.4) is 0 Å². The van der Waals surface area contributed by atoms with Crippen molar-refractivity contribution in [3.63, 3.8) is 0 Å². The maximum atomic E-state index is 6.39. The van der Waals surface area contributed by atoms with Crippen molar-refractivity contribution < 1.29 is 0 Å². The Bertz CT molecular complexity index is 912. The number of hydrogen-bond acceptors (Lipinski definition) is 2. The van der Waals surface area contributed by atoms with Crippen molar-refractivity contribution in [2.24, 2.45) is 0 Å². The molecule has 0 bridgehead atoms. The van der Waals surface area contributed by atoms with Crippen LogP contribution in [-0.2, 0) is 12.0 Å². The van der Waals surface area contributed by atoms with Gasteiger partial charge in [-0.2, -0.15) is 0 Å². The monoisotopic (exact) mass is 343 g/mol. The summed E-state index contributed by atoms with van der Waals surface area (Å²) in [6.07, 6.45) is 0.923. The van der Waals surface area contributed by atoms with Crippen molar-refractivity contribution in [3.8, 4) is 22.8 Å². The predicted molar refractivity (Wildman–Crippen MR) is 93.9 cm³/mol. The second kappa shape index (κ2) is 5.08. The van der Waals surface area contributed by atoms with Crippen molar-refractivity contribution in [2.75, 3.05) is 0 Å². The highest BCUT2D eigenvalue weighted by Crippen LogP contribution is 2.41. The Kier molecular flexibility index (Phi) is 3.26. The van der Waals surface area contributed by atoms with Gasteiger partial charge >= 0.3 is 0 Å². The molecule has 0 atom stereocenters. The number of hydrogen-bond donors (Lipinski definition) is 0. The molecule has 0 aliphatic carbocycles. The van der Waals surface area contributed by atoms with E-state index in [1.54, 1.807) is 6.07 Å². The number of fused-ring (bicyclic) bond motifs is 3. The molecular formula is C18H15Cl2N3. The zero-order valence-corrected chi connectivity index (χ0v) is 14.4. The fourth-order valence-corrected chi connectivity index (χ4v) is 3.81. The van der Waals surface area contributed by atoms with E-state index < -0.39 is 0 Å². The molecule has 0 unspecified atom stereocenters. The molecule has 1 aromatic heterocycles. The third-order valence-corrected chi connectivity index (χ3v) is 4.87. The highest BCUT2D eigenvalue weighted by Gasteiger charge is 2.34. The predicted octanol–water partition coefficient (Wildman–Crippen LogP) is 5.21. The van der Waals surface area contributed by atoms with E-state index in [1.807, 2.05) is 18.2 Å². The first-order valence-electron chi connectivity index (χ1n) is 7.47. The molecule has 0 saturated carbocycles. The summed E-state index contributed by atoms with van der Waals surface area (Å²) >= 11 is 12.4. The second-order valence-electron chi connectivity index (χ2n) is 6.45. The standard InChI is InChI=1S/C18H15Cl2N3/c1-18(2)10-11-5-3-4-6-13(11)16-21-22-17(23(16)18)14-8-7-12(19)9-15(14)20/h3-9H,10H2,1-2H3. The molecule has 0 spiro atoms. The zero-order valence-electron chi connectivity index (χ0n) is 12.8. The molecule has 0 radical (unpaired) electrons. The molecule has 3 aromatic rings. The highest BCUT2D eigenvalue weighted by atomic mass is 35.5. The first kappa shape index (κ1) is 14.7. The maximum absolute atomic E-state index is 6.39. The molecule has 1 aliphatic rings. The fraction of sp³-hybridized carbons (Fsp3) is 0.222. The molecule has 5 heteroatoms. The smallest absolute Gasteiger partial charge is 0.166 e. The fourth-order valence-electron chi connectivity index (χ4n) is 3.32. The van der Waals surface area contributed by atoms with Gasteiger partial charge in [-0.1, -0.05) is 47.5 Å². The highest BCUT2D eigenvalue weighted by molar-refractivity contribution is 6.36. The van der Waals surface area contributed by atoms with Crippen molar-refractivity contribution in [2.45, 2.75) is 25.8 Å². The summed E-state index contributed by atoms with van der Waals surface area (Å²) in [6.45, 7) is 4.40. The van der Waals surface area contributed by atoms with E-state index in [9.17, 15) is 0 Å². The molecule has 2 heterocycles. The van der Waals surface area contributed by atoms with Crippen LogP contribution in [0.4, 0.5) is 0 Å². The van der Waals surface area contributed by atoms with E-state index in [0.29, 0.717) is 10.0 Å². The molecule has 3 nitrogen and oxygen atoms in total. The van der Waals surface area contributed by atoms with Crippen LogP contribution in [-0.4, -0.2) is 14.8 Å². The number of rotatable bonds is 1. The minimum Gasteiger partial charge on any atom is -0.301 e. The van der Waals surface area contributed by atoms with Crippen LogP contribution in [0.1, 0.15) is 19.4 Å². The van der Waals surface area contributed by atoms with Gasteiger partial charge in [0.05, 0.1) is 5.02 Å². The molecule has 0 amide bonds. The van der Waals surface area contributed by atoms with Gasteiger partial charge in [-0.15, -0.1) is 10.2 Å². The van der Waals surface area contributed by atoms with Crippen LogP contribution in [0.5, 0.6) is 0 Å². The van der Waals surface area contributed by atoms with E-state index in [1.165, 1.54) is 5.56 Å². The van der Waals surface area contributed by atoms with E-state index in [0.717, 1.165) is 29.2 Å². The van der Waals surface area contributed by atoms with E-state index in [-0.39, 0.29) is 5.54 Å². The molecule has 1 aliphatic heterocycles. The van der Waals surface area contributed by atoms with E-state index >= 15 is 0 Å². The third kappa shape index (κ3) is 2.27. The van der Waals surface area contributed by atoms with Crippen molar-refractivity contribution >= 4 is 23.2 Å². The van der Waals surface area contributed by atoms with E-state index in [2.05, 4.69) is 46.8 Å². The van der Waals surface area contributed by atoms with Gasteiger partial charge in [-0.3, -0.25) is 0 Å². The van der Waals surface area contributed by atoms with Crippen LogP contribution in [0, 0.1) is 0 Å². The van der Waals surface area contributed by atoms with Crippen LogP contribution in [0.2, 0.25) is 10.0 Å². The molecule has 0 N–H and O–H groups in total. The molecule has 4 rings (SSSR count). The number of aromatic nitrogens is 3. The van der Waals surface area contributed by atoms with Crippen LogP contribution < -0.4 is 0 Å². The molecule has 116 valence electrons. The topological polar surface area (TPSA) is 30.7 Å². The summed E-state index contributed by atoms with van der Waals surface area (Å²) in [5.74, 6) is 1.67. The Morgan fingerprint density at radius 2 is 1.65 bits per heavy atom. The number of benzene rings is 2. The first-order valence-corrected chi connectivity index (χ1v) is 8.22. The molecule has 0 saturated heterocycles. The molecule has 0 fully saturated rings. The summed E-state index contributed by atoms with van der Waals surface area (Å²) in [5, 5.41) is 10.1. The Morgan fingerprint density at radius 3 is 2.39 bits per heavy atom. The third-order valence-electron chi connectivity index (χ3n) is 4.32. The lowest BCUT2D eigenvalue weighted by Crippen LogP contribution is -2.33. The van der Waals surface area contributed by atoms with Gasteiger partial charge in [0.1, 0.15) is 0 Å². The summed E-state index contributed by atoms with van der Waals surface area (Å²) in [6, 6.07) is 13.8. The lowest BCUT2D eigenvalue weighted by atomic mass is 9.87. The van der Waals surface area contributed by atoms with Gasteiger partial charge in [0.2, 0.25) is 0 Å². The average Bonchev–Trinajstić information content (AvgIpc) is 2.93. The minimum absolute atomic E-state index is 0.133.